The van der Waals surface area contributed by atoms with Gasteiger partial charge in [0.1, 0.15) is 18.2 Å². The molecule has 1 heterocycles. The Morgan fingerprint density at radius 1 is 1.69 bits per heavy atom. The van der Waals surface area contributed by atoms with Crippen LogP contribution in [0.3, 0.4) is 0 Å². The molecule has 0 spiro atoms. The van der Waals surface area contributed by atoms with Crippen LogP contribution in [0.25, 0.3) is 0 Å². The van der Waals surface area contributed by atoms with Gasteiger partial charge in [0.2, 0.25) is 0 Å². The van der Waals surface area contributed by atoms with Crippen molar-refractivity contribution in [2.45, 2.75) is 25.3 Å². The quantitative estimate of drug-likeness (QED) is 0.622. The fourth-order valence-electron chi connectivity index (χ4n) is 1.52. The molecule has 0 bridgehead atoms. The summed E-state index contributed by atoms with van der Waals surface area (Å²) < 4.78 is 1.61. The van der Waals surface area contributed by atoms with Crippen molar-refractivity contribution in [3.63, 3.8) is 0 Å². The lowest BCUT2D eigenvalue weighted by Crippen LogP contribution is -2.06. The Morgan fingerprint density at radius 3 is 3.08 bits per heavy atom. The van der Waals surface area contributed by atoms with Gasteiger partial charge < -0.3 is 0 Å². The highest BCUT2D eigenvalue weighted by Crippen LogP contribution is 2.25. The topological polar surface area (TPSA) is 71.6 Å². The number of aromatic nitrogens is 3. The van der Waals surface area contributed by atoms with E-state index >= 15 is 0 Å². The Morgan fingerprint density at radius 2 is 2.54 bits per heavy atom. The molecule has 0 saturated heterocycles. The molecule has 1 saturated carbocycles. The lowest BCUT2D eigenvalue weighted by atomic mass is 10.3. The molecule has 1 unspecified atom stereocenters. The van der Waals surface area contributed by atoms with E-state index in [0.717, 1.165) is 6.42 Å². The maximum atomic E-state index is 11.0. The highest BCUT2D eigenvalue weighted by molar-refractivity contribution is 5.80. The number of hydrogen-bond donors (Lipinski definition) is 0. The van der Waals surface area contributed by atoms with E-state index < -0.39 is 0 Å². The molecule has 2 rings (SSSR count). The van der Waals surface area contributed by atoms with E-state index in [-0.39, 0.29) is 17.6 Å². The molecule has 1 aliphatic rings. The third-order valence-electron chi connectivity index (χ3n) is 2.20. The Bertz CT molecular complexity index is 376. The van der Waals surface area contributed by atoms with Crippen molar-refractivity contribution in [3.05, 3.63) is 12.2 Å². The lowest BCUT2D eigenvalue weighted by Gasteiger charge is -2.05. The van der Waals surface area contributed by atoms with Gasteiger partial charge in [-0.1, -0.05) is 0 Å². The molecule has 0 aromatic carbocycles. The molecule has 0 N–H and O–H groups in total. The summed E-state index contributed by atoms with van der Waals surface area (Å²) in [5, 5.41) is 12.4. The van der Waals surface area contributed by atoms with Crippen LogP contribution in [0.5, 0.6) is 0 Å². The van der Waals surface area contributed by atoms with E-state index in [1.807, 2.05) is 6.07 Å². The summed E-state index contributed by atoms with van der Waals surface area (Å²) in [6, 6.07) is 1.97. The number of nitrogens with zero attached hydrogens (tertiary/aromatic N) is 4. The van der Waals surface area contributed by atoms with Crippen molar-refractivity contribution in [2.24, 2.45) is 0 Å². The van der Waals surface area contributed by atoms with Crippen LogP contribution in [-0.4, -0.2) is 20.5 Å². The van der Waals surface area contributed by atoms with E-state index in [1.165, 1.54) is 6.33 Å². The number of hydrogen-bond acceptors (Lipinski definition) is 4. The maximum absolute atomic E-state index is 11.0. The Labute approximate surface area is 75.0 Å². The summed E-state index contributed by atoms with van der Waals surface area (Å²) in [6.07, 6.45) is 3.47. The van der Waals surface area contributed by atoms with Gasteiger partial charge in [0.15, 0.2) is 0 Å². The average Bonchev–Trinajstić information content (AvgIpc) is 2.71. The monoisotopic (exact) mass is 176 g/mol. The van der Waals surface area contributed by atoms with Crippen molar-refractivity contribution in [3.8, 4) is 6.07 Å². The lowest BCUT2D eigenvalue weighted by molar-refractivity contribution is -0.117. The molecule has 0 amide bonds. The fraction of sp³-hybridized carbons (Fsp3) is 0.500. The van der Waals surface area contributed by atoms with Crippen molar-refractivity contribution >= 4 is 5.78 Å². The zero-order valence-corrected chi connectivity index (χ0v) is 6.97. The zero-order chi connectivity index (χ0) is 9.26. The summed E-state index contributed by atoms with van der Waals surface area (Å²) in [5.41, 5.74) is 0. The van der Waals surface area contributed by atoms with Gasteiger partial charge in [-0.05, 0) is 6.42 Å². The first-order valence-electron chi connectivity index (χ1n) is 4.12. The number of rotatable bonds is 1. The van der Waals surface area contributed by atoms with Crippen LogP contribution in [0.15, 0.2) is 6.33 Å². The van der Waals surface area contributed by atoms with Crippen LogP contribution in [0.2, 0.25) is 0 Å². The van der Waals surface area contributed by atoms with Crippen LogP contribution in [0.4, 0.5) is 0 Å². The molecule has 1 aliphatic carbocycles. The van der Waals surface area contributed by atoms with Gasteiger partial charge in [-0.25, -0.2) is 9.67 Å². The van der Waals surface area contributed by atoms with Gasteiger partial charge in [-0.2, -0.15) is 5.26 Å². The predicted molar refractivity (Wildman–Crippen MR) is 42.6 cm³/mol. The molecular weight excluding hydrogens is 168 g/mol. The van der Waals surface area contributed by atoms with Crippen LogP contribution >= 0.6 is 0 Å². The molecule has 1 fully saturated rings. The number of Topliss-reactive ketones (excluding diaryl/α,β-unsaturated/α-hetero) is 1. The van der Waals surface area contributed by atoms with Crippen molar-refractivity contribution in [1.29, 1.82) is 5.26 Å². The minimum absolute atomic E-state index is 0.113. The third-order valence-corrected chi connectivity index (χ3v) is 2.20. The highest BCUT2D eigenvalue weighted by Gasteiger charge is 2.24. The second-order valence-electron chi connectivity index (χ2n) is 3.10. The van der Waals surface area contributed by atoms with E-state index in [9.17, 15) is 4.79 Å². The standard InChI is InChI=1S/C8H8N4O/c9-4-8-10-5-12(11-8)6-1-2-7(13)3-6/h5-6H,1-3H2. The molecule has 13 heavy (non-hydrogen) atoms. The van der Waals surface area contributed by atoms with Crippen LogP contribution in [0.1, 0.15) is 31.1 Å². The number of carbonyl (C=O) groups excluding carboxylic acids is 1. The van der Waals surface area contributed by atoms with E-state index in [4.69, 9.17) is 5.26 Å². The molecule has 0 aliphatic heterocycles. The first-order valence-corrected chi connectivity index (χ1v) is 4.12. The zero-order valence-electron chi connectivity index (χ0n) is 6.97. The van der Waals surface area contributed by atoms with Gasteiger partial charge in [0, 0.05) is 12.8 Å². The Hall–Kier alpha value is -1.70. The highest BCUT2D eigenvalue weighted by atomic mass is 16.1. The summed E-state index contributed by atoms with van der Waals surface area (Å²) in [6.45, 7) is 0. The normalized spacial score (nSPS) is 21.8. The Balaban J connectivity index is 2.18. The molecular formula is C8H8N4O. The van der Waals surface area contributed by atoms with Crippen molar-refractivity contribution in [1.82, 2.24) is 14.8 Å². The second kappa shape index (κ2) is 2.98. The molecule has 1 aromatic rings. The van der Waals surface area contributed by atoms with E-state index in [2.05, 4.69) is 10.1 Å². The molecule has 5 nitrogen and oxygen atoms in total. The van der Waals surface area contributed by atoms with Crippen molar-refractivity contribution < 1.29 is 4.79 Å². The summed E-state index contributed by atoms with van der Waals surface area (Å²) in [7, 11) is 0. The van der Waals surface area contributed by atoms with Gasteiger partial charge in [-0.15, -0.1) is 5.10 Å². The van der Waals surface area contributed by atoms with Crippen LogP contribution < -0.4 is 0 Å². The first kappa shape index (κ1) is 7.92. The van der Waals surface area contributed by atoms with Gasteiger partial charge in [-0.3, -0.25) is 4.79 Å². The molecule has 66 valence electrons. The first-order chi connectivity index (χ1) is 6.29. The van der Waals surface area contributed by atoms with E-state index in [0.29, 0.717) is 12.8 Å². The van der Waals surface area contributed by atoms with Crippen LogP contribution in [-0.2, 0) is 4.79 Å². The second-order valence-corrected chi connectivity index (χ2v) is 3.10. The number of nitriles is 1. The molecule has 0 radical (unpaired) electrons. The van der Waals surface area contributed by atoms with Gasteiger partial charge >= 0.3 is 0 Å². The Kier molecular flexibility index (Phi) is 1.81. The predicted octanol–water partition coefficient (Wildman–Crippen LogP) is 0.444. The average molecular weight is 176 g/mol. The molecule has 1 aromatic heterocycles. The third kappa shape index (κ3) is 1.43. The fourth-order valence-corrected chi connectivity index (χ4v) is 1.52. The number of carbonyl (C=O) groups is 1. The minimum Gasteiger partial charge on any atom is -0.300 e. The SMILES string of the molecule is N#Cc1ncn(C2CCC(=O)C2)n1. The number of ketones is 1. The van der Waals surface area contributed by atoms with Gasteiger partial charge in [0.25, 0.3) is 5.82 Å². The van der Waals surface area contributed by atoms with Gasteiger partial charge in [0.05, 0.1) is 6.04 Å². The summed E-state index contributed by atoms with van der Waals surface area (Å²) in [4.78, 5) is 14.8. The van der Waals surface area contributed by atoms with Crippen molar-refractivity contribution in [2.75, 3.05) is 0 Å². The smallest absolute Gasteiger partial charge is 0.252 e. The summed E-state index contributed by atoms with van der Waals surface area (Å²) in [5.74, 6) is 0.429. The largest absolute Gasteiger partial charge is 0.300 e. The van der Waals surface area contributed by atoms with Crippen LogP contribution in [0, 0.1) is 11.3 Å². The maximum Gasteiger partial charge on any atom is 0.252 e. The van der Waals surface area contributed by atoms with E-state index in [1.54, 1.807) is 4.68 Å². The molecule has 5 heteroatoms. The minimum atomic E-state index is 0.113. The summed E-state index contributed by atoms with van der Waals surface area (Å²) >= 11 is 0. The molecule has 1 atom stereocenters.